The zero-order valence-corrected chi connectivity index (χ0v) is 30.1. The number of carboxylic acid groups (broad SMARTS) is 2. The molecular weight excluding hydrogens is 670 g/mol. The Morgan fingerprint density at radius 2 is 1.65 bits per heavy atom. The average Bonchev–Trinajstić information content (AvgIpc) is 3.63. The molecule has 1 aliphatic rings. The first kappa shape index (κ1) is 41.5. The van der Waals surface area contributed by atoms with Gasteiger partial charge in [0.25, 0.3) is 0 Å². The number of imidazole rings is 1. The van der Waals surface area contributed by atoms with E-state index in [9.17, 15) is 34.2 Å². The third-order valence-corrected chi connectivity index (χ3v) is 9.59. The minimum atomic E-state index is -1.44. The second-order valence-corrected chi connectivity index (χ2v) is 13.9. The first-order chi connectivity index (χ1) is 24.9. The molecule has 0 spiro atoms. The number of aliphatic hydroxyl groups excluding tert-OH is 1. The molecule has 0 radical (unpaired) electrons. The molecule has 1 aliphatic carbocycles. The van der Waals surface area contributed by atoms with Gasteiger partial charge in [-0.3, -0.25) is 19.3 Å². The lowest BCUT2D eigenvalue weighted by molar-refractivity contribution is -0.132. The molecule has 1 fully saturated rings. The van der Waals surface area contributed by atoms with Crippen LogP contribution in [0.5, 0.6) is 0 Å². The summed E-state index contributed by atoms with van der Waals surface area (Å²) in [5.74, 6) is -1.36. The summed E-state index contributed by atoms with van der Waals surface area (Å²) in [6.45, 7) is 6.87. The predicted octanol–water partition coefficient (Wildman–Crippen LogP) is 3.08. The molecule has 0 aliphatic heterocycles. The SMILES string of the molecule is C=C[C@@H](C[C@H](O)[C@H](CC1CCCCC1)NC(=O)[C@H](Cc1cnc[nH]1)NC(=O)[C@H](Cc1ccccc1)NC(=O)CN(CCNC(=O)O)C(=O)O)C(C)C. The van der Waals surface area contributed by atoms with Crippen molar-refractivity contribution in [1.29, 1.82) is 0 Å². The monoisotopic (exact) mass is 725 g/mol. The van der Waals surface area contributed by atoms with Crippen molar-refractivity contribution < 1.29 is 39.3 Å². The van der Waals surface area contributed by atoms with Gasteiger partial charge in [-0.05, 0) is 36.2 Å². The van der Waals surface area contributed by atoms with Crippen LogP contribution in [-0.2, 0) is 27.2 Å². The molecular formula is C37H55N7O8. The van der Waals surface area contributed by atoms with Gasteiger partial charge in [-0.15, -0.1) is 6.58 Å². The number of nitrogens with zero attached hydrogens (tertiary/aromatic N) is 2. The summed E-state index contributed by atoms with van der Waals surface area (Å²) >= 11 is 0. The van der Waals surface area contributed by atoms with Gasteiger partial charge in [0.2, 0.25) is 17.7 Å². The zero-order valence-electron chi connectivity index (χ0n) is 30.1. The van der Waals surface area contributed by atoms with Crippen molar-refractivity contribution in [2.24, 2.45) is 17.8 Å². The third-order valence-electron chi connectivity index (χ3n) is 9.59. The second kappa shape index (κ2) is 21.4. The van der Waals surface area contributed by atoms with E-state index in [4.69, 9.17) is 5.11 Å². The molecule has 8 N–H and O–H groups in total. The summed E-state index contributed by atoms with van der Waals surface area (Å²) in [5.41, 5.74) is 1.28. The maximum absolute atomic E-state index is 14.1. The Labute approximate surface area is 305 Å². The number of hydrogen-bond acceptors (Lipinski definition) is 7. The molecule has 3 rings (SSSR count). The van der Waals surface area contributed by atoms with Gasteiger partial charge in [0.05, 0.1) is 18.5 Å². The standard InChI is InChI=1S/C37H55N7O8/c1-4-27(24(2)3)19-32(45)29(17-25-11-7-5-8-12-25)42-35(48)31(20-28-21-38-23-40-28)43-34(47)30(18-26-13-9-6-10-14-26)41-33(46)22-44(37(51)52)16-15-39-36(49)50/h4,6,9-10,13-14,21,23-25,27,29-32,39,45H,1,5,7-8,11-12,15-20,22H2,2-3H3,(H,38,40)(H,41,46)(H,42,48)(H,43,47)(H,49,50)(H,51,52)/t27-,29-,30-,31-,32-/m0/s1. The molecule has 0 bridgehead atoms. The first-order valence-electron chi connectivity index (χ1n) is 18.0. The number of carbonyl (C=O) groups excluding carboxylic acids is 3. The van der Waals surface area contributed by atoms with E-state index in [2.05, 4.69) is 51.7 Å². The number of amides is 5. The highest BCUT2D eigenvalue weighted by Gasteiger charge is 2.33. The lowest BCUT2D eigenvalue weighted by atomic mass is 9.81. The molecule has 0 unspecified atom stereocenters. The number of H-pyrrole nitrogens is 1. The number of allylic oxidation sites excluding steroid dienone is 1. The topological polar surface area (TPSA) is 226 Å². The van der Waals surface area contributed by atoms with Crippen molar-refractivity contribution in [3.05, 3.63) is 66.8 Å². The largest absolute Gasteiger partial charge is 0.465 e. The maximum atomic E-state index is 14.1. The molecule has 52 heavy (non-hydrogen) atoms. The summed E-state index contributed by atoms with van der Waals surface area (Å²) < 4.78 is 0. The van der Waals surface area contributed by atoms with Gasteiger partial charge >= 0.3 is 12.2 Å². The summed E-state index contributed by atoms with van der Waals surface area (Å²) in [6.07, 6.45) is 7.67. The van der Waals surface area contributed by atoms with E-state index >= 15 is 0 Å². The molecule has 2 aromatic rings. The van der Waals surface area contributed by atoms with Crippen molar-refractivity contribution in [3.63, 3.8) is 0 Å². The van der Waals surface area contributed by atoms with Crippen LogP contribution in [0.4, 0.5) is 9.59 Å². The average molecular weight is 726 g/mol. The number of nitrogens with one attached hydrogen (secondary N) is 5. The molecule has 5 atom stereocenters. The number of rotatable bonds is 21. The van der Waals surface area contributed by atoms with E-state index in [0.717, 1.165) is 37.0 Å². The smallest absolute Gasteiger partial charge is 0.407 e. The van der Waals surface area contributed by atoms with Crippen LogP contribution in [0, 0.1) is 17.8 Å². The fraction of sp³-hybridized carbons (Fsp3) is 0.568. The molecule has 15 nitrogen and oxygen atoms in total. The molecule has 5 amide bonds. The van der Waals surface area contributed by atoms with E-state index < -0.39 is 60.7 Å². The predicted molar refractivity (Wildman–Crippen MR) is 194 cm³/mol. The van der Waals surface area contributed by atoms with Crippen LogP contribution in [0.15, 0.2) is 55.5 Å². The number of benzene rings is 1. The van der Waals surface area contributed by atoms with Gasteiger partial charge in [0.1, 0.15) is 18.6 Å². The Bertz CT molecular complexity index is 1430. The minimum Gasteiger partial charge on any atom is -0.465 e. The van der Waals surface area contributed by atoms with Crippen molar-refractivity contribution in [1.82, 2.24) is 36.1 Å². The Hall–Kier alpha value is -4.92. The summed E-state index contributed by atoms with van der Waals surface area (Å²) in [4.78, 5) is 71.6. The highest BCUT2D eigenvalue weighted by Crippen LogP contribution is 2.30. The molecule has 1 aromatic carbocycles. The van der Waals surface area contributed by atoms with E-state index in [1.165, 1.54) is 6.33 Å². The third kappa shape index (κ3) is 14.4. The van der Waals surface area contributed by atoms with E-state index in [1.54, 1.807) is 36.5 Å². The van der Waals surface area contributed by atoms with Crippen LogP contribution in [0.2, 0.25) is 0 Å². The van der Waals surface area contributed by atoms with Gasteiger partial charge in [-0.2, -0.15) is 0 Å². The van der Waals surface area contributed by atoms with E-state index in [1.807, 2.05) is 6.08 Å². The van der Waals surface area contributed by atoms with Crippen LogP contribution in [0.25, 0.3) is 0 Å². The highest BCUT2D eigenvalue weighted by atomic mass is 16.4. The Morgan fingerprint density at radius 1 is 0.981 bits per heavy atom. The quantitative estimate of drug-likeness (QED) is 0.0884. The molecule has 15 heteroatoms. The summed E-state index contributed by atoms with van der Waals surface area (Å²) in [6, 6.07) is 5.99. The van der Waals surface area contributed by atoms with Crippen molar-refractivity contribution >= 4 is 29.9 Å². The number of aliphatic hydroxyl groups is 1. The number of aromatic nitrogens is 2. The van der Waals surface area contributed by atoms with Crippen molar-refractivity contribution in [2.75, 3.05) is 19.6 Å². The maximum Gasteiger partial charge on any atom is 0.407 e. The molecule has 1 saturated carbocycles. The summed E-state index contributed by atoms with van der Waals surface area (Å²) in [5, 5.41) is 40.5. The van der Waals surface area contributed by atoms with E-state index in [0.29, 0.717) is 30.0 Å². The first-order valence-corrected chi connectivity index (χ1v) is 18.0. The van der Waals surface area contributed by atoms with Crippen molar-refractivity contribution in [3.8, 4) is 0 Å². The fourth-order valence-corrected chi connectivity index (χ4v) is 6.57. The van der Waals surface area contributed by atoms with Gasteiger partial charge in [0, 0.05) is 37.8 Å². The van der Waals surface area contributed by atoms with Crippen molar-refractivity contribution in [2.45, 2.75) is 95.9 Å². The van der Waals surface area contributed by atoms with Gasteiger partial charge in [-0.1, -0.05) is 82.4 Å². The Kier molecular flexibility index (Phi) is 17.1. The number of hydrogen-bond donors (Lipinski definition) is 8. The molecule has 0 saturated heterocycles. The normalized spacial score (nSPS) is 16.1. The van der Waals surface area contributed by atoms with E-state index in [-0.39, 0.29) is 37.8 Å². The zero-order chi connectivity index (χ0) is 38.0. The van der Waals surface area contributed by atoms with Crippen LogP contribution in [-0.4, -0.2) is 104 Å². The minimum absolute atomic E-state index is 0.0333. The van der Waals surface area contributed by atoms with Crippen LogP contribution in [0.1, 0.15) is 70.1 Å². The van der Waals surface area contributed by atoms with Crippen LogP contribution < -0.4 is 21.3 Å². The van der Waals surface area contributed by atoms with Gasteiger partial charge in [0.15, 0.2) is 0 Å². The summed E-state index contributed by atoms with van der Waals surface area (Å²) in [7, 11) is 0. The number of carbonyl (C=O) groups is 5. The van der Waals surface area contributed by atoms with Crippen LogP contribution >= 0.6 is 0 Å². The van der Waals surface area contributed by atoms with Gasteiger partial charge in [-0.25, -0.2) is 14.6 Å². The number of aromatic amines is 1. The highest BCUT2D eigenvalue weighted by molar-refractivity contribution is 5.93. The Balaban J connectivity index is 1.84. The Morgan fingerprint density at radius 3 is 2.25 bits per heavy atom. The molecule has 286 valence electrons. The molecule has 1 aromatic heterocycles. The lowest BCUT2D eigenvalue weighted by Gasteiger charge is -2.33. The second-order valence-electron chi connectivity index (χ2n) is 13.9. The molecule has 1 heterocycles. The lowest BCUT2D eigenvalue weighted by Crippen LogP contribution is -2.58. The van der Waals surface area contributed by atoms with Crippen LogP contribution in [0.3, 0.4) is 0 Å². The van der Waals surface area contributed by atoms with Gasteiger partial charge < -0.3 is 41.6 Å². The fourth-order valence-electron chi connectivity index (χ4n) is 6.57.